The second-order valence-electron chi connectivity index (χ2n) is 8.70. The third kappa shape index (κ3) is 6.31. The molecule has 2 aromatic carbocycles. The summed E-state index contributed by atoms with van der Waals surface area (Å²) in [6.45, 7) is 6.14. The van der Waals surface area contributed by atoms with Crippen molar-refractivity contribution in [2.75, 3.05) is 30.8 Å². The van der Waals surface area contributed by atoms with Gasteiger partial charge in [0.05, 0.1) is 31.7 Å². The van der Waals surface area contributed by atoms with Crippen molar-refractivity contribution in [1.82, 2.24) is 5.32 Å². The van der Waals surface area contributed by atoms with Crippen molar-refractivity contribution in [3.8, 4) is 17.2 Å². The Kier molecular flexibility index (Phi) is 7.41. The first-order chi connectivity index (χ1) is 15.5. The molecule has 0 spiro atoms. The number of carbonyl (C=O) groups excluding carboxylic acids is 1. The molecule has 33 heavy (non-hydrogen) atoms. The number of sulfonamides is 1. The molecule has 1 amide bonds. The lowest BCUT2D eigenvalue weighted by atomic mass is 9.89. The van der Waals surface area contributed by atoms with Crippen molar-refractivity contribution in [3.05, 3.63) is 48.0 Å². The van der Waals surface area contributed by atoms with E-state index in [9.17, 15) is 13.2 Å². The lowest BCUT2D eigenvalue weighted by Crippen LogP contribution is -2.45. The molecule has 180 valence electrons. The van der Waals surface area contributed by atoms with E-state index in [0.717, 1.165) is 22.5 Å². The van der Waals surface area contributed by atoms with Crippen molar-refractivity contribution in [3.63, 3.8) is 0 Å². The average Bonchev–Trinajstić information content (AvgIpc) is 2.75. The minimum atomic E-state index is -3.69. The van der Waals surface area contributed by atoms with Crippen LogP contribution < -0.4 is 23.8 Å². The van der Waals surface area contributed by atoms with Gasteiger partial charge in [0.2, 0.25) is 15.9 Å². The summed E-state index contributed by atoms with van der Waals surface area (Å²) in [5, 5.41) is 2.99. The Balaban J connectivity index is 1.80. The van der Waals surface area contributed by atoms with Gasteiger partial charge in [0.1, 0.15) is 29.4 Å². The first-order valence-corrected chi connectivity index (χ1v) is 12.7. The van der Waals surface area contributed by atoms with Crippen LogP contribution in [0.4, 0.5) is 5.69 Å². The SMILES string of the molecule is CCCOc1ccc(N(CC(=O)NC2CC(C)(C)Oc3ccc(OC)cc32)S(C)(=O)=O)cc1. The number of carbonyl (C=O) groups is 1. The van der Waals surface area contributed by atoms with Crippen LogP contribution in [0.15, 0.2) is 42.5 Å². The lowest BCUT2D eigenvalue weighted by Gasteiger charge is -2.38. The zero-order valence-electron chi connectivity index (χ0n) is 19.8. The normalized spacial score (nSPS) is 16.8. The summed E-state index contributed by atoms with van der Waals surface area (Å²) >= 11 is 0. The molecule has 9 heteroatoms. The Morgan fingerprint density at radius 2 is 1.85 bits per heavy atom. The molecule has 0 aliphatic carbocycles. The van der Waals surface area contributed by atoms with E-state index in [4.69, 9.17) is 14.2 Å². The number of rotatable bonds is 9. The van der Waals surface area contributed by atoms with Gasteiger partial charge in [-0.1, -0.05) is 6.92 Å². The number of amides is 1. The highest BCUT2D eigenvalue weighted by Gasteiger charge is 2.35. The summed E-state index contributed by atoms with van der Waals surface area (Å²) < 4.78 is 43.0. The molecule has 1 aliphatic heterocycles. The molecule has 0 saturated heterocycles. The summed E-state index contributed by atoms with van der Waals surface area (Å²) in [4.78, 5) is 13.0. The number of nitrogens with zero attached hydrogens (tertiary/aromatic N) is 1. The molecule has 0 bridgehead atoms. The van der Waals surface area contributed by atoms with Crippen LogP contribution >= 0.6 is 0 Å². The van der Waals surface area contributed by atoms with E-state index in [1.54, 1.807) is 37.4 Å². The predicted octanol–water partition coefficient (Wildman–Crippen LogP) is 3.67. The van der Waals surface area contributed by atoms with Gasteiger partial charge in [0.25, 0.3) is 0 Å². The minimum absolute atomic E-state index is 0.342. The van der Waals surface area contributed by atoms with Crippen LogP contribution in [0.25, 0.3) is 0 Å². The predicted molar refractivity (Wildman–Crippen MR) is 128 cm³/mol. The van der Waals surface area contributed by atoms with E-state index < -0.39 is 21.5 Å². The number of hydrogen-bond acceptors (Lipinski definition) is 6. The van der Waals surface area contributed by atoms with Gasteiger partial charge in [0, 0.05) is 12.0 Å². The second-order valence-corrected chi connectivity index (χ2v) is 10.6. The number of nitrogens with one attached hydrogen (secondary N) is 1. The molecule has 0 fully saturated rings. The van der Waals surface area contributed by atoms with Gasteiger partial charge in [-0.25, -0.2) is 8.42 Å². The Morgan fingerprint density at radius 1 is 1.18 bits per heavy atom. The van der Waals surface area contributed by atoms with Crippen LogP contribution in [0.2, 0.25) is 0 Å². The maximum Gasteiger partial charge on any atom is 0.241 e. The third-order valence-corrected chi connectivity index (χ3v) is 6.44. The standard InChI is InChI=1S/C24H32N2O6S/c1-6-13-31-18-9-7-17(8-10-18)26(33(5,28)29)16-23(27)25-21-15-24(2,3)32-22-12-11-19(30-4)14-20(21)22/h7-12,14,21H,6,13,15-16H2,1-5H3,(H,25,27). The summed E-state index contributed by atoms with van der Waals surface area (Å²) in [6.07, 6.45) is 2.48. The van der Waals surface area contributed by atoms with E-state index in [1.165, 1.54) is 0 Å². The molecular weight excluding hydrogens is 444 g/mol. The smallest absolute Gasteiger partial charge is 0.241 e. The number of anilines is 1. The maximum absolute atomic E-state index is 13.0. The zero-order valence-corrected chi connectivity index (χ0v) is 20.6. The maximum atomic E-state index is 13.0. The van der Waals surface area contributed by atoms with Gasteiger partial charge >= 0.3 is 0 Å². The largest absolute Gasteiger partial charge is 0.497 e. The molecule has 8 nitrogen and oxygen atoms in total. The van der Waals surface area contributed by atoms with Gasteiger partial charge < -0.3 is 19.5 Å². The highest BCUT2D eigenvalue weighted by Crippen LogP contribution is 2.41. The van der Waals surface area contributed by atoms with Crippen LogP contribution in [0, 0.1) is 0 Å². The lowest BCUT2D eigenvalue weighted by molar-refractivity contribution is -0.120. The topological polar surface area (TPSA) is 94.2 Å². The van der Waals surface area contributed by atoms with Crippen molar-refractivity contribution in [2.24, 2.45) is 0 Å². The van der Waals surface area contributed by atoms with E-state index in [2.05, 4.69) is 5.32 Å². The van der Waals surface area contributed by atoms with Crippen LogP contribution in [-0.4, -0.2) is 46.4 Å². The fourth-order valence-corrected chi connectivity index (χ4v) is 4.64. The van der Waals surface area contributed by atoms with E-state index >= 15 is 0 Å². The Bertz CT molecular complexity index is 1080. The van der Waals surface area contributed by atoms with Crippen LogP contribution in [0.3, 0.4) is 0 Å². The van der Waals surface area contributed by atoms with Gasteiger partial charge in [-0.05, 0) is 62.7 Å². The molecule has 1 N–H and O–H groups in total. The first-order valence-electron chi connectivity index (χ1n) is 10.9. The molecule has 1 unspecified atom stereocenters. The molecule has 1 aliphatic rings. The Labute approximate surface area is 195 Å². The molecule has 1 heterocycles. The van der Waals surface area contributed by atoms with Crippen molar-refractivity contribution < 1.29 is 27.4 Å². The minimum Gasteiger partial charge on any atom is -0.497 e. The van der Waals surface area contributed by atoms with Crippen LogP contribution in [0.5, 0.6) is 17.2 Å². The highest BCUT2D eigenvalue weighted by atomic mass is 32.2. The number of methoxy groups -OCH3 is 1. The van der Waals surface area contributed by atoms with Crippen molar-refractivity contribution in [1.29, 1.82) is 0 Å². The summed E-state index contributed by atoms with van der Waals surface area (Å²) in [5.74, 6) is 1.55. The highest BCUT2D eigenvalue weighted by molar-refractivity contribution is 7.92. The molecule has 0 saturated carbocycles. The summed E-state index contributed by atoms with van der Waals surface area (Å²) in [7, 11) is -2.12. The third-order valence-electron chi connectivity index (χ3n) is 5.29. The van der Waals surface area contributed by atoms with E-state index in [1.807, 2.05) is 32.9 Å². The Hall–Kier alpha value is -2.94. The van der Waals surface area contributed by atoms with Gasteiger partial charge in [0.15, 0.2) is 0 Å². The zero-order chi connectivity index (χ0) is 24.2. The molecular formula is C24H32N2O6S. The number of fused-ring (bicyclic) bond motifs is 1. The molecule has 1 atom stereocenters. The molecule has 3 rings (SSSR count). The second kappa shape index (κ2) is 9.91. The molecule has 0 radical (unpaired) electrons. The Morgan fingerprint density at radius 3 is 2.45 bits per heavy atom. The van der Waals surface area contributed by atoms with Gasteiger partial charge in [-0.15, -0.1) is 0 Å². The van der Waals surface area contributed by atoms with Crippen LogP contribution in [0.1, 0.15) is 45.2 Å². The molecule has 0 aromatic heterocycles. The van der Waals surface area contributed by atoms with Gasteiger partial charge in [-0.3, -0.25) is 9.10 Å². The van der Waals surface area contributed by atoms with Crippen molar-refractivity contribution in [2.45, 2.75) is 45.3 Å². The van der Waals surface area contributed by atoms with Gasteiger partial charge in [-0.2, -0.15) is 0 Å². The molecule has 2 aromatic rings. The average molecular weight is 477 g/mol. The fourth-order valence-electron chi connectivity index (χ4n) is 3.79. The summed E-state index contributed by atoms with van der Waals surface area (Å²) in [6, 6.07) is 11.8. The first kappa shape index (κ1) is 24.7. The quantitative estimate of drug-likeness (QED) is 0.594. The monoisotopic (exact) mass is 476 g/mol. The number of ether oxygens (including phenoxy) is 3. The van der Waals surface area contributed by atoms with Crippen molar-refractivity contribution >= 4 is 21.6 Å². The number of benzene rings is 2. The number of hydrogen-bond donors (Lipinski definition) is 1. The van der Waals surface area contributed by atoms with E-state index in [-0.39, 0.29) is 12.6 Å². The fraction of sp³-hybridized carbons (Fsp3) is 0.458. The van der Waals surface area contributed by atoms with Crippen LogP contribution in [-0.2, 0) is 14.8 Å². The van der Waals surface area contributed by atoms with E-state index in [0.29, 0.717) is 36.0 Å². The summed E-state index contributed by atoms with van der Waals surface area (Å²) in [5.41, 5.74) is 0.695.